The minimum Gasteiger partial charge on any atom is -0.339 e. The number of rotatable bonds is 4. The third-order valence-corrected chi connectivity index (χ3v) is 6.28. The monoisotopic (exact) mass is 386 g/mol. The van der Waals surface area contributed by atoms with E-state index in [1.165, 1.54) is 0 Å². The molecule has 0 saturated heterocycles. The van der Waals surface area contributed by atoms with E-state index in [9.17, 15) is 9.18 Å². The summed E-state index contributed by atoms with van der Waals surface area (Å²) in [6.45, 7) is 2.04. The number of carbonyl (C=O) groups excluding carboxylic acids is 1. The van der Waals surface area contributed by atoms with Crippen LogP contribution < -0.4 is 11.1 Å². The number of carbonyl (C=O) groups is 1. The van der Waals surface area contributed by atoms with Crippen LogP contribution in [0.25, 0.3) is 22.3 Å². The number of anilines is 1. The number of aromatic amines is 1. The van der Waals surface area contributed by atoms with Gasteiger partial charge in [0.2, 0.25) is 5.91 Å². The normalized spacial score (nSPS) is 21.3. The summed E-state index contributed by atoms with van der Waals surface area (Å²) in [6, 6.07) is 5.55. The highest BCUT2D eigenvalue weighted by Crippen LogP contribution is 2.33. The first-order chi connectivity index (χ1) is 13.0. The molecular formula is C20H23FN4OS. The van der Waals surface area contributed by atoms with Crippen molar-refractivity contribution >= 4 is 34.0 Å². The summed E-state index contributed by atoms with van der Waals surface area (Å²) in [4.78, 5) is 20.2. The van der Waals surface area contributed by atoms with Crippen molar-refractivity contribution in [1.82, 2.24) is 9.97 Å². The molecule has 1 aliphatic carbocycles. The van der Waals surface area contributed by atoms with Gasteiger partial charge in [-0.2, -0.15) is 4.39 Å². The van der Waals surface area contributed by atoms with Crippen LogP contribution in [0.2, 0.25) is 0 Å². The molecule has 4 N–H and O–H groups in total. The van der Waals surface area contributed by atoms with Gasteiger partial charge in [0.25, 0.3) is 0 Å². The first-order valence-corrected chi connectivity index (χ1v) is 10.2. The molecule has 142 valence electrons. The van der Waals surface area contributed by atoms with Crippen LogP contribution in [0.1, 0.15) is 32.6 Å². The Kier molecular flexibility index (Phi) is 4.97. The number of aromatic nitrogens is 2. The highest BCUT2D eigenvalue weighted by Gasteiger charge is 2.28. The van der Waals surface area contributed by atoms with Crippen molar-refractivity contribution in [3.63, 3.8) is 0 Å². The predicted molar refractivity (Wildman–Crippen MR) is 107 cm³/mol. The Hall–Kier alpha value is -2.25. The zero-order valence-electron chi connectivity index (χ0n) is 15.2. The maximum atomic E-state index is 13.9. The van der Waals surface area contributed by atoms with E-state index in [0.717, 1.165) is 42.4 Å². The lowest BCUT2D eigenvalue weighted by atomic mass is 9.79. The standard InChI is InChI=1S/C20H23FN4OS/c1-11(22)12-2-4-13(5-3-12)20(26)25-16-6-8-23-19-15(16)10-17(24-19)14-7-9-27-18(14)21/h6-13H,2-5,22H2,1H3,(H2,23,24,25,26). The zero-order chi connectivity index (χ0) is 19.0. The molecule has 1 amide bonds. The van der Waals surface area contributed by atoms with E-state index in [1.807, 2.05) is 13.0 Å². The van der Waals surface area contributed by atoms with Crippen LogP contribution in [-0.4, -0.2) is 21.9 Å². The van der Waals surface area contributed by atoms with Gasteiger partial charge in [-0.15, -0.1) is 11.3 Å². The summed E-state index contributed by atoms with van der Waals surface area (Å²) in [5.41, 5.74) is 8.51. The van der Waals surface area contributed by atoms with E-state index in [0.29, 0.717) is 28.5 Å². The fourth-order valence-electron chi connectivity index (χ4n) is 3.91. The van der Waals surface area contributed by atoms with Gasteiger partial charge in [-0.25, -0.2) is 4.98 Å². The molecule has 4 rings (SSSR count). The number of nitrogens with two attached hydrogens (primary N) is 1. The van der Waals surface area contributed by atoms with Gasteiger partial charge >= 0.3 is 0 Å². The van der Waals surface area contributed by atoms with Gasteiger partial charge in [0.05, 0.1) is 11.4 Å². The number of nitrogens with one attached hydrogen (secondary N) is 2. The molecule has 3 aromatic heterocycles. The van der Waals surface area contributed by atoms with Crippen LogP contribution in [-0.2, 0) is 4.79 Å². The molecule has 1 fully saturated rings. The second-order valence-electron chi connectivity index (χ2n) is 7.37. The second kappa shape index (κ2) is 7.40. The van der Waals surface area contributed by atoms with E-state index < -0.39 is 0 Å². The Labute approximate surface area is 161 Å². The van der Waals surface area contributed by atoms with Gasteiger partial charge in [0.1, 0.15) is 5.65 Å². The largest absolute Gasteiger partial charge is 0.339 e. The summed E-state index contributed by atoms with van der Waals surface area (Å²) in [5.74, 6) is 0.556. The van der Waals surface area contributed by atoms with Crippen molar-refractivity contribution < 1.29 is 9.18 Å². The zero-order valence-corrected chi connectivity index (χ0v) is 16.0. The molecule has 0 radical (unpaired) electrons. The van der Waals surface area contributed by atoms with E-state index >= 15 is 0 Å². The lowest BCUT2D eigenvalue weighted by Crippen LogP contribution is -2.33. The van der Waals surface area contributed by atoms with E-state index in [2.05, 4.69) is 15.3 Å². The van der Waals surface area contributed by atoms with Crippen LogP contribution >= 0.6 is 11.3 Å². The van der Waals surface area contributed by atoms with Crippen molar-refractivity contribution in [3.8, 4) is 11.3 Å². The molecule has 0 spiro atoms. The predicted octanol–water partition coefficient (Wildman–Crippen LogP) is 4.52. The van der Waals surface area contributed by atoms with E-state index in [1.54, 1.807) is 23.7 Å². The van der Waals surface area contributed by atoms with Crippen LogP contribution in [0.4, 0.5) is 10.1 Å². The number of amides is 1. The fraction of sp³-hybridized carbons (Fsp3) is 0.400. The SMILES string of the molecule is CC(N)C1CCC(C(=O)Nc2ccnc3[nH]c(-c4ccsc4F)cc23)CC1. The topological polar surface area (TPSA) is 83.8 Å². The number of nitrogens with zero attached hydrogens (tertiary/aromatic N) is 1. The van der Waals surface area contributed by atoms with Crippen LogP contribution in [0.15, 0.2) is 29.8 Å². The number of hydrogen-bond acceptors (Lipinski definition) is 4. The quantitative estimate of drug-likeness (QED) is 0.616. The number of halogens is 1. The summed E-state index contributed by atoms with van der Waals surface area (Å²) < 4.78 is 13.9. The second-order valence-corrected chi connectivity index (χ2v) is 8.24. The lowest BCUT2D eigenvalue weighted by Gasteiger charge is -2.30. The molecule has 0 bridgehead atoms. The Morgan fingerprint density at radius 2 is 2.15 bits per heavy atom. The first kappa shape index (κ1) is 18.1. The number of H-pyrrole nitrogens is 1. The molecule has 3 aromatic rings. The third-order valence-electron chi connectivity index (χ3n) is 5.58. The summed E-state index contributed by atoms with van der Waals surface area (Å²) in [7, 11) is 0. The summed E-state index contributed by atoms with van der Waals surface area (Å²) in [6.07, 6.45) is 5.37. The summed E-state index contributed by atoms with van der Waals surface area (Å²) >= 11 is 1.06. The van der Waals surface area contributed by atoms with Crippen molar-refractivity contribution in [1.29, 1.82) is 0 Å². The van der Waals surface area contributed by atoms with E-state index in [-0.39, 0.29) is 23.0 Å². The van der Waals surface area contributed by atoms with Crippen LogP contribution in [0, 0.1) is 17.0 Å². The molecule has 1 aliphatic rings. The average Bonchev–Trinajstić information content (AvgIpc) is 3.28. The van der Waals surface area contributed by atoms with Gasteiger partial charge in [-0.05, 0) is 62.1 Å². The molecule has 1 unspecified atom stereocenters. The smallest absolute Gasteiger partial charge is 0.227 e. The minimum absolute atomic E-state index is 0.0101. The molecule has 5 nitrogen and oxygen atoms in total. The van der Waals surface area contributed by atoms with Gasteiger partial charge in [-0.1, -0.05) is 0 Å². The molecule has 0 aromatic carbocycles. The fourth-order valence-corrected chi connectivity index (χ4v) is 4.54. The van der Waals surface area contributed by atoms with Crippen LogP contribution in [0.3, 0.4) is 0 Å². The number of thiophene rings is 1. The van der Waals surface area contributed by atoms with Gasteiger partial charge in [-0.3, -0.25) is 4.79 Å². The number of pyridine rings is 1. The Bertz CT molecular complexity index is 956. The molecule has 7 heteroatoms. The molecule has 27 heavy (non-hydrogen) atoms. The van der Waals surface area contributed by atoms with Crippen molar-refractivity contribution in [2.75, 3.05) is 5.32 Å². The average molecular weight is 386 g/mol. The molecule has 1 atom stereocenters. The van der Waals surface area contributed by atoms with Crippen molar-refractivity contribution in [2.45, 2.75) is 38.6 Å². The third kappa shape index (κ3) is 3.61. The summed E-state index contributed by atoms with van der Waals surface area (Å²) in [5, 5.41) is 5.31. The number of hydrogen-bond donors (Lipinski definition) is 3. The first-order valence-electron chi connectivity index (χ1n) is 9.30. The Morgan fingerprint density at radius 1 is 1.37 bits per heavy atom. The highest BCUT2D eigenvalue weighted by molar-refractivity contribution is 7.08. The lowest BCUT2D eigenvalue weighted by molar-refractivity contribution is -0.121. The molecule has 3 heterocycles. The van der Waals surface area contributed by atoms with Gasteiger partial charge in [0, 0.05) is 29.1 Å². The number of fused-ring (bicyclic) bond motifs is 1. The minimum atomic E-state index is -0.238. The molecular weight excluding hydrogens is 363 g/mol. The van der Waals surface area contributed by atoms with Gasteiger partial charge < -0.3 is 16.0 Å². The van der Waals surface area contributed by atoms with Crippen molar-refractivity contribution in [2.24, 2.45) is 17.6 Å². The maximum Gasteiger partial charge on any atom is 0.227 e. The van der Waals surface area contributed by atoms with E-state index in [4.69, 9.17) is 5.73 Å². The van der Waals surface area contributed by atoms with Crippen molar-refractivity contribution in [3.05, 3.63) is 34.9 Å². The van der Waals surface area contributed by atoms with Crippen LogP contribution in [0.5, 0.6) is 0 Å². The van der Waals surface area contributed by atoms with Gasteiger partial charge in [0.15, 0.2) is 5.13 Å². The highest BCUT2D eigenvalue weighted by atomic mass is 32.1. The Morgan fingerprint density at radius 3 is 2.81 bits per heavy atom. The maximum absolute atomic E-state index is 13.9. The molecule has 1 saturated carbocycles. The molecule has 0 aliphatic heterocycles. The Balaban J connectivity index is 1.53.